The summed E-state index contributed by atoms with van der Waals surface area (Å²) in [7, 11) is -0.857. The first-order valence-corrected chi connectivity index (χ1v) is 19.6. The molecule has 3 fully saturated rings. The molecule has 6 rings (SSSR count). The van der Waals surface area contributed by atoms with Crippen LogP contribution in [0.25, 0.3) is 10.8 Å². The van der Waals surface area contributed by atoms with Crippen LogP contribution in [-0.2, 0) is 24.4 Å². The van der Waals surface area contributed by atoms with Crippen LogP contribution >= 0.6 is 11.6 Å². The molecule has 0 unspecified atom stereocenters. The van der Waals surface area contributed by atoms with Crippen molar-refractivity contribution < 1.29 is 37.1 Å². The van der Waals surface area contributed by atoms with E-state index in [0.29, 0.717) is 45.6 Å². The Morgan fingerprint density at radius 2 is 1.85 bits per heavy atom. The van der Waals surface area contributed by atoms with Gasteiger partial charge in [0.2, 0.25) is 27.7 Å². The molecule has 1 aromatic heterocycles. The van der Waals surface area contributed by atoms with Crippen molar-refractivity contribution in [3.8, 4) is 11.6 Å². The number of methoxy groups -OCH3 is 1. The molecule has 4 amide bonds. The molecule has 2 heterocycles. The zero-order chi connectivity index (χ0) is 39.2. The molecule has 0 radical (unpaired) electrons. The molecule has 2 saturated carbocycles. The highest BCUT2D eigenvalue weighted by Gasteiger charge is 2.62. The molecule has 2 aliphatic carbocycles. The zero-order valence-electron chi connectivity index (χ0n) is 30.8. The number of hydrogen-bond acceptors (Lipinski definition) is 10. The van der Waals surface area contributed by atoms with Crippen molar-refractivity contribution in [3.05, 3.63) is 71.9 Å². The number of sulfonamides is 1. The Bertz CT molecular complexity index is 2120. The number of aromatic nitrogens is 1. The molecule has 1 aliphatic heterocycles. The second-order valence-corrected chi connectivity index (χ2v) is 17.5. The normalized spacial score (nSPS) is 22.9. The predicted octanol–water partition coefficient (Wildman–Crippen LogP) is 3.80. The molecule has 3 aliphatic rings. The summed E-state index contributed by atoms with van der Waals surface area (Å²) in [5, 5.41) is 9.76. The van der Waals surface area contributed by atoms with Crippen molar-refractivity contribution in [1.29, 1.82) is 0 Å². The first kappa shape index (κ1) is 38.8. The van der Waals surface area contributed by atoms with Crippen LogP contribution < -0.4 is 30.1 Å². The van der Waals surface area contributed by atoms with Crippen LogP contribution in [-0.4, -0.2) is 91.6 Å². The Kier molecular flexibility index (Phi) is 10.6. The van der Waals surface area contributed by atoms with Gasteiger partial charge in [-0.3, -0.25) is 23.9 Å². The monoisotopic (exact) mass is 780 g/mol. The van der Waals surface area contributed by atoms with Gasteiger partial charge in [0.1, 0.15) is 29.5 Å². The molecule has 288 valence electrons. The van der Waals surface area contributed by atoms with Crippen molar-refractivity contribution >= 4 is 61.7 Å². The van der Waals surface area contributed by atoms with E-state index in [-0.39, 0.29) is 31.2 Å². The fraction of sp³-hybridized carbons (Fsp3) is 0.447. The average molecular weight is 781 g/mol. The average Bonchev–Trinajstić information content (AvgIpc) is 4.06. The lowest BCUT2D eigenvalue weighted by molar-refractivity contribution is -0.141. The number of nitrogens with one attached hydrogen (secondary N) is 4. The lowest BCUT2D eigenvalue weighted by Gasteiger charge is -2.36. The maximum atomic E-state index is 14.8. The van der Waals surface area contributed by atoms with Crippen molar-refractivity contribution in [1.82, 2.24) is 25.2 Å². The van der Waals surface area contributed by atoms with Crippen molar-refractivity contribution in [2.24, 2.45) is 11.3 Å². The van der Waals surface area contributed by atoms with Crippen LogP contribution in [0.4, 0.5) is 5.69 Å². The maximum absolute atomic E-state index is 14.8. The fourth-order valence-electron chi connectivity index (χ4n) is 6.85. The van der Waals surface area contributed by atoms with Gasteiger partial charge in [-0.1, -0.05) is 44.5 Å². The second kappa shape index (κ2) is 14.7. The van der Waals surface area contributed by atoms with E-state index in [1.807, 2.05) is 20.8 Å². The molecule has 1 saturated heterocycles. The number of amides is 4. The summed E-state index contributed by atoms with van der Waals surface area (Å²) in [4.78, 5) is 61.0. The number of benzene rings is 2. The highest BCUT2D eigenvalue weighted by Crippen LogP contribution is 2.46. The summed E-state index contributed by atoms with van der Waals surface area (Å²) in [6.45, 7) is 9.38. The molecule has 0 spiro atoms. The number of likely N-dealkylation sites (tertiary alicyclic amines) is 1. The molecule has 14 nitrogen and oxygen atoms in total. The first-order valence-electron chi connectivity index (χ1n) is 17.7. The number of nitrogens with zero attached hydrogens (tertiary/aromatic N) is 2. The summed E-state index contributed by atoms with van der Waals surface area (Å²) >= 11 is 6.35. The van der Waals surface area contributed by atoms with Gasteiger partial charge in [-0.15, -0.1) is 6.58 Å². The highest BCUT2D eigenvalue weighted by molar-refractivity contribution is 7.91. The summed E-state index contributed by atoms with van der Waals surface area (Å²) in [6, 6.07) is 9.89. The quantitative estimate of drug-likeness (QED) is 0.186. The molecule has 5 atom stereocenters. The lowest BCUT2D eigenvalue weighted by Crippen LogP contribution is -2.58. The standard InChI is InChI=1S/C38H45ClN6O8S/c1-7-22-18-38(22,36(49)44-54(50,51)26-12-13-26)43-33(47)29-17-25(53-34-28-16-23(39)11-14-27(28)30(52-6)19-41-34)20-45(29)35(48)31(37(2,3)4)42-24-10-8-9-21(15-24)32(46)40-5/h7-11,14-16,19,22,25-26,29,31,42H,1,12-13,17-18,20H2,2-6H3,(H,40,46)(H,43,47)(H,44,49)/t22-,25-,29+,31+,38-/m1/s1. The Balaban J connectivity index is 1.33. The van der Waals surface area contributed by atoms with E-state index in [9.17, 15) is 27.6 Å². The van der Waals surface area contributed by atoms with Gasteiger partial charge in [0, 0.05) is 46.4 Å². The van der Waals surface area contributed by atoms with Gasteiger partial charge in [-0.05, 0) is 61.1 Å². The Morgan fingerprint density at radius 3 is 2.48 bits per heavy atom. The van der Waals surface area contributed by atoms with Gasteiger partial charge >= 0.3 is 0 Å². The maximum Gasteiger partial charge on any atom is 0.259 e. The topological polar surface area (TPSA) is 185 Å². The molecule has 4 N–H and O–H groups in total. The van der Waals surface area contributed by atoms with Crippen LogP contribution in [0.1, 0.15) is 56.8 Å². The van der Waals surface area contributed by atoms with E-state index in [0.717, 1.165) is 0 Å². The third-order valence-corrected chi connectivity index (χ3v) is 12.2. The largest absolute Gasteiger partial charge is 0.494 e. The third-order valence-electron chi connectivity index (χ3n) is 10.1. The van der Waals surface area contributed by atoms with Crippen molar-refractivity contribution in [2.75, 3.05) is 26.0 Å². The Morgan fingerprint density at radius 1 is 1.11 bits per heavy atom. The number of halogens is 1. The number of hydrogen-bond donors (Lipinski definition) is 4. The van der Waals surface area contributed by atoms with Crippen LogP contribution in [0.5, 0.6) is 11.6 Å². The summed E-state index contributed by atoms with van der Waals surface area (Å²) in [6.07, 6.45) is 3.36. The smallest absolute Gasteiger partial charge is 0.259 e. The van der Waals surface area contributed by atoms with Crippen molar-refractivity contribution in [3.63, 3.8) is 0 Å². The third kappa shape index (κ3) is 7.83. The van der Waals surface area contributed by atoms with Crippen LogP contribution in [0, 0.1) is 11.3 Å². The van der Waals surface area contributed by atoms with E-state index >= 15 is 0 Å². The zero-order valence-corrected chi connectivity index (χ0v) is 32.3. The van der Waals surface area contributed by atoms with E-state index in [1.54, 1.807) is 42.5 Å². The lowest BCUT2D eigenvalue weighted by atomic mass is 9.85. The SMILES string of the molecule is C=C[C@@H]1C[C@]1(NC(=O)[C@@H]1C[C@@H](Oc2ncc(OC)c3ccc(Cl)cc23)CN1C(=O)[C@H](Nc1cccc(C(=O)NC)c1)C(C)(C)C)C(=O)NS(=O)(=O)C1CC1. The number of pyridine rings is 1. The molecule has 16 heteroatoms. The first-order chi connectivity index (χ1) is 25.5. The predicted molar refractivity (Wildman–Crippen MR) is 204 cm³/mol. The number of anilines is 1. The molecule has 0 bridgehead atoms. The Labute approximate surface area is 319 Å². The van der Waals surface area contributed by atoms with Gasteiger partial charge in [-0.25, -0.2) is 13.4 Å². The van der Waals surface area contributed by atoms with Gasteiger partial charge in [0.25, 0.3) is 11.8 Å². The number of rotatable bonds is 13. The van der Waals surface area contributed by atoms with Gasteiger partial charge in [0.05, 0.1) is 25.1 Å². The molecule has 3 aromatic rings. The van der Waals surface area contributed by atoms with E-state index in [1.165, 1.54) is 31.3 Å². The number of fused-ring (bicyclic) bond motifs is 1. The van der Waals surface area contributed by atoms with Crippen molar-refractivity contribution in [2.45, 2.75) is 75.4 Å². The van der Waals surface area contributed by atoms with Crippen LogP contribution in [0.2, 0.25) is 5.02 Å². The second-order valence-electron chi connectivity index (χ2n) is 15.1. The number of carbonyl (C=O) groups is 4. The van der Waals surface area contributed by atoms with E-state index in [4.69, 9.17) is 21.1 Å². The molecule has 2 aromatic carbocycles. The Hall–Kier alpha value is -4.89. The van der Waals surface area contributed by atoms with Gasteiger partial charge in [-0.2, -0.15) is 0 Å². The van der Waals surface area contributed by atoms with Crippen LogP contribution in [0.3, 0.4) is 0 Å². The van der Waals surface area contributed by atoms with Crippen LogP contribution in [0.15, 0.2) is 61.3 Å². The summed E-state index contributed by atoms with van der Waals surface area (Å²) in [5.41, 5.74) is -1.35. The minimum absolute atomic E-state index is 0.0210. The number of ether oxygens (including phenoxy) is 2. The van der Waals surface area contributed by atoms with Gasteiger partial charge in [0.15, 0.2) is 0 Å². The molecular weight excluding hydrogens is 736 g/mol. The number of carbonyl (C=O) groups excluding carboxylic acids is 4. The van der Waals surface area contributed by atoms with Gasteiger partial charge < -0.3 is 30.3 Å². The summed E-state index contributed by atoms with van der Waals surface area (Å²) in [5.74, 6) is -2.02. The van der Waals surface area contributed by atoms with E-state index < -0.39 is 68.1 Å². The highest BCUT2D eigenvalue weighted by atomic mass is 35.5. The van der Waals surface area contributed by atoms with E-state index in [2.05, 4.69) is 32.2 Å². The minimum atomic E-state index is -3.91. The molecule has 54 heavy (non-hydrogen) atoms. The summed E-state index contributed by atoms with van der Waals surface area (Å²) < 4.78 is 39.6. The molecular formula is C38H45ClN6O8S. The fourth-order valence-corrected chi connectivity index (χ4v) is 8.38. The minimum Gasteiger partial charge on any atom is -0.494 e.